The van der Waals surface area contributed by atoms with Crippen LogP contribution in [0.15, 0.2) is 16.9 Å². The Balaban J connectivity index is 2.53. The van der Waals surface area contributed by atoms with Gasteiger partial charge in [-0.1, -0.05) is 27.7 Å². The van der Waals surface area contributed by atoms with Crippen molar-refractivity contribution in [2.75, 3.05) is 0 Å². The SMILES string of the molecule is CC1=[C]CC(O[SiH2]C(C)(C)C(C)C)=C1C. The van der Waals surface area contributed by atoms with Crippen molar-refractivity contribution in [1.29, 1.82) is 0 Å². The van der Waals surface area contributed by atoms with Crippen LogP contribution in [0.2, 0.25) is 5.04 Å². The molecule has 0 aromatic heterocycles. The molecule has 15 heavy (non-hydrogen) atoms. The molecule has 2 heteroatoms. The van der Waals surface area contributed by atoms with Crippen LogP contribution in [-0.4, -0.2) is 9.76 Å². The number of rotatable bonds is 4. The maximum atomic E-state index is 6.05. The van der Waals surface area contributed by atoms with Gasteiger partial charge in [0.2, 0.25) is 9.76 Å². The lowest BCUT2D eigenvalue weighted by atomic mass is 9.99. The van der Waals surface area contributed by atoms with E-state index in [1.807, 2.05) is 0 Å². The molecule has 0 aromatic rings. The molecular weight excluding hydrogens is 200 g/mol. The van der Waals surface area contributed by atoms with Crippen LogP contribution in [0.1, 0.15) is 48.0 Å². The topological polar surface area (TPSA) is 9.23 Å². The molecule has 0 aromatic carbocycles. The maximum absolute atomic E-state index is 6.05. The normalized spacial score (nSPS) is 18.2. The van der Waals surface area contributed by atoms with Crippen molar-refractivity contribution < 1.29 is 4.43 Å². The van der Waals surface area contributed by atoms with Crippen LogP contribution in [-0.2, 0) is 4.43 Å². The highest BCUT2D eigenvalue weighted by atomic mass is 28.2. The molecular formula is C13H23OSi. The first kappa shape index (κ1) is 12.6. The minimum absolute atomic E-state index is 0.379. The Morgan fingerprint density at radius 2 is 1.93 bits per heavy atom. The fraction of sp³-hybridized carbons (Fsp3) is 0.692. The Morgan fingerprint density at radius 1 is 1.33 bits per heavy atom. The molecule has 1 nitrogen and oxygen atoms in total. The second-order valence-corrected chi connectivity index (χ2v) is 7.86. The van der Waals surface area contributed by atoms with Crippen molar-refractivity contribution in [3.8, 4) is 0 Å². The van der Waals surface area contributed by atoms with Crippen molar-refractivity contribution in [2.45, 2.75) is 53.0 Å². The van der Waals surface area contributed by atoms with E-state index >= 15 is 0 Å². The van der Waals surface area contributed by atoms with Crippen molar-refractivity contribution in [1.82, 2.24) is 0 Å². The number of hydrogen-bond donors (Lipinski definition) is 0. The van der Waals surface area contributed by atoms with E-state index in [1.165, 1.54) is 16.9 Å². The van der Waals surface area contributed by atoms with Gasteiger partial charge in [0.1, 0.15) is 0 Å². The van der Waals surface area contributed by atoms with E-state index in [2.05, 4.69) is 47.6 Å². The molecule has 0 atom stereocenters. The van der Waals surface area contributed by atoms with Crippen LogP contribution >= 0.6 is 0 Å². The lowest BCUT2D eigenvalue weighted by molar-refractivity contribution is 0.371. The van der Waals surface area contributed by atoms with E-state index < -0.39 is 9.76 Å². The second kappa shape index (κ2) is 4.56. The van der Waals surface area contributed by atoms with Gasteiger partial charge in [-0.25, -0.2) is 0 Å². The molecule has 1 aliphatic rings. The molecule has 0 amide bonds. The van der Waals surface area contributed by atoms with Crippen molar-refractivity contribution in [2.24, 2.45) is 5.92 Å². The minimum Gasteiger partial charge on any atom is -0.551 e. The zero-order valence-corrected chi connectivity index (χ0v) is 12.3. The summed E-state index contributed by atoms with van der Waals surface area (Å²) in [7, 11) is -0.503. The largest absolute Gasteiger partial charge is 0.551 e. The lowest BCUT2D eigenvalue weighted by Gasteiger charge is -2.28. The second-order valence-electron chi connectivity index (χ2n) is 5.46. The Morgan fingerprint density at radius 3 is 2.33 bits per heavy atom. The highest BCUT2D eigenvalue weighted by Crippen LogP contribution is 2.35. The zero-order valence-electron chi connectivity index (χ0n) is 10.9. The third-order valence-electron chi connectivity index (χ3n) is 3.68. The molecule has 0 fully saturated rings. The highest BCUT2D eigenvalue weighted by Gasteiger charge is 2.25. The molecule has 0 heterocycles. The van der Waals surface area contributed by atoms with Gasteiger partial charge in [0.05, 0.1) is 5.76 Å². The summed E-state index contributed by atoms with van der Waals surface area (Å²) in [6.45, 7) is 13.4. The summed E-state index contributed by atoms with van der Waals surface area (Å²) < 4.78 is 6.05. The first-order valence-electron chi connectivity index (χ1n) is 5.75. The van der Waals surface area contributed by atoms with Crippen molar-refractivity contribution in [3.05, 3.63) is 23.0 Å². The van der Waals surface area contributed by atoms with Gasteiger partial charge < -0.3 is 4.43 Å². The third-order valence-corrected chi connectivity index (χ3v) is 5.73. The molecule has 0 saturated heterocycles. The highest BCUT2D eigenvalue weighted by molar-refractivity contribution is 6.32. The van der Waals surface area contributed by atoms with Crippen molar-refractivity contribution >= 4 is 9.76 Å². The molecule has 0 spiro atoms. The van der Waals surface area contributed by atoms with E-state index in [4.69, 9.17) is 4.43 Å². The van der Waals surface area contributed by atoms with Gasteiger partial charge in [0.25, 0.3) is 0 Å². The van der Waals surface area contributed by atoms with Gasteiger partial charge in [-0.3, -0.25) is 0 Å². The van der Waals surface area contributed by atoms with E-state index in [9.17, 15) is 0 Å². The quantitative estimate of drug-likeness (QED) is 0.664. The molecule has 85 valence electrons. The smallest absolute Gasteiger partial charge is 0.225 e. The average molecular weight is 223 g/mol. The maximum Gasteiger partial charge on any atom is 0.225 e. The minimum atomic E-state index is -0.503. The van der Waals surface area contributed by atoms with E-state index in [-0.39, 0.29) is 0 Å². The summed E-state index contributed by atoms with van der Waals surface area (Å²) in [6, 6.07) is 0. The molecule has 1 rings (SSSR count). The van der Waals surface area contributed by atoms with Crippen LogP contribution in [0.3, 0.4) is 0 Å². The standard InChI is InChI=1S/C13H23OSi/c1-9(2)13(5,6)15-14-12-8-7-10(3)11(12)4/h9H,8,15H2,1-6H3. The van der Waals surface area contributed by atoms with Gasteiger partial charge in [0.15, 0.2) is 0 Å². The monoisotopic (exact) mass is 223 g/mol. The Labute approximate surface area is 96.5 Å². The molecule has 1 radical (unpaired) electrons. The third kappa shape index (κ3) is 2.97. The molecule has 0 aliphatic heterocycles. The molecule has 0 unspecified atom stereocenters. The van der Waals surface area contributed by atoms with Gasteiger partial charge in [-0.2, -0.15) is 0 Å². The average Bonchev–Trinajstić information content (AvgIpc) is 2.45. The molecule has 0 N–H and O–H groups in total. The number of allylic oxidation sites excluding steroid dienone is 3. The van der Waals surface area contributed by atoms with Crippen LogP contribution in [0, 0.1) is 12.0 Å². The van der Waals surface area contributed by atoms with Gasteiger partial charge in [-0.15, -0.1) is 0 Å². The Hall–Kier alpha value is -0.503. The summed E-state index contributed by atoms with van der Waals surface area (Å²) >= 11 is 0. The first-order valence-corrected chi connectivity index (χ1v) is 7.03. The Kier molecular flexibility index (Phi) is 3.82. The first-order chi connectivity index (χ1) is 6.84. The molecule has 1 aliphatic carbocycles. The van der Waals surface area contributed by atoms with E-state index in [1.54, 1.807) is 0 Å². The fourth-order valence-corrected chi connectivity index (χ4v) is 2.48. The summed E-state index contributed by atoms with van der Waals surface area (Å²) in [6.07, 6.45) is 4.21. The van der Waals surface area contributed by atoms with Gasteiger partial charge in [0, 0.05) is 6.42 Å². The van der Waals surface area contributed by atoms with Crippen LogP contribution in [0.25, 0.3) is 0 Å². The summed E-state index contributed by atoms with van der Waals surface area (Å²) in [5, 5.41) is 0.379. The van der Waals surface area contributed by atoms with E-state index in [0.29, 0.717) is 11.0 Å². The van der Waals surface area contributed by atoms with E-state index in [0.717, 1.165) is 6.42 Å². The molecule has 0 bridgehead atoms. The van der Waals surface area contributed by atoms with Gasteiger partial charge in [-0.05, 0) is 42.0 Å². The number of hydrogen-bond acceptors (Lipinski definition) is 1. The van der Waals surface area contributed by atoms with Crippen LogP contribution in [0.5, 0.6) is 0 Å². The van der Waals surface area contributed by atoms with Crippen molar-refractivity contribution in [3.63, 3.8) is 0 Å². The fourth-order valence-electron chi connectivity index (χ4n) is 1.29. The summed E-state index contributed by atoms with van der Waals surface area (Å²) in [5.74, 6) is 1.87. The summed E-state index contributed by atoms with van der Waals surface area (Å²) in [4.78, 5) is 0. The van der Waals surface area contributed by atoms with Crippen LogP contribution in [0.4, 0.5) is 0 Å². The summed E-state index contributed by atoms with van der Waals surface area (Å²) in [5.41, 5.74) is 2.57. The predicted molar refractivity (Wildman–Crippen MR) is 68.3 cm³/mol. The lowest BCUT2D eigenvalue weighted by Crippen LogP contribution is -2.22. The zero-order chi connectivity index (χ0) is 11.6. The van der Waals surface area contributed by atoms with Gasteiger partial charge >= 0.3 is 0 Å². The predicted octanol–water partition coefficient (Wildman–Crippen LogP) is 3.37. The Bertz CT molecular complexity index is 298. The molecule has 0 saturated carbocycles. The van der Waals surface area contributed by atoms with Crippen LogP contribution < -0.4 is 0 Å².